The van der Waals surface area contributed by atoms with E-state index in [9.17, 15) is 0 Å². The fourth-order valence-corrected chi connectivity index (χ4v) is 2.32. The zero-order valence-electron chi connectivity index (χ0n) is 7.85. The van der Waals surface area contributed by atoms with Crippen LogP contribution < -0.4 is 0 Å². The number of halogens is 1. The van der Waals surface area contributed by atoms with Gasteiger partial charge in [-0.2, -0.15) is 5.10 Å². The van der Waals surface area contributed by atoms with Crippen LogP contribution in [0.1, 0.15) is 0 Å². The topological polar surface area (TPSA) is 67.6 Å². The first kappa shape index (κ1) is 9.73. The van der Waals surface area contributed by atoms with Gasteiger partial charge >= 0.3 is 0 Å². The average molecular weight is 297 g/mol. The SMILES string of the molecule is Brc1ccc(-c2csc(-c3ncn[nH]3)n2)o1. The van der Waals surface area contributed by atoms with Crippen molar-refractivity contribution in [3.8, 4) is 22.3 Å². The van der Waals surface area contributed by atoms with Gasteiger partial charge in [-0.15, -0.1) is 11.3 Å². The van der Waals surface area contributed by atoms with Crippen molar-refractivity contribution in [1.29, 1.82) is 0 Å². The van der Waals surface area contributed by atoms with Crippen molar-refractivity contribution in [1.82, 2.24) is 20.2 Å². The minimum absolute atomic E-state index is 0.668. The Morgan fingerprint density at radius 1 is 1.38 bits per heavy atom. The van der Waals surface area contributed by atoms with Crippen LogP contribution in [0.3, 0.4) is 0 Å². The molecule has 1 N–H and O–H groups in total. The third kappa shape index (κ3) is 1.68. The van der Waals surface area contributed by atoms with Crippen LogP contribution in [0.2, 0.25) is 0 Å². The fourth-order valence-electron chi connectivity index (χ4n) is 1.26. The van der Waals surface area contributed by atoms with Gasteiger partial charge < -0.3 is 4.42 Å². The van der Waals surface area contributed by atoms with Crippen LogP contribution in [0.5, 0.6) is 0 Å². The molecule has 0 fully saturated rings. The van der Waals surface area contributed by atoms with Gasteiger partial charge in [0.05, 0.1) is 0 Å². The highest BCUT2D eigenvalue weighted by Gasteiger charge is 2.11. The second-order valence-corrected chi connectivity index (χ2v) is 4.62. The van der Waals surface area contributed by atoms with Gasteiger partial charge in [-0.3, -0.25) is 5.10 Å². The number of thiazole rings is 1. The van der Waals surface area contributed by atoms with E-state index >= 15 is 0 Å². The maximum atomic E-state index is 5.41. The van der Waals surface area contributed by atoms with E-state index in [1.807, 2.05) is 17.5 Å². The first-order chi connectivity index (χ1) is 7.83. The summed E-state index contributed by atoms with van der Waals surface area (Å²) in [7, 11) is 0. The second kappa shape index (κ2) is 3.84. The molecule has 0 unspecified atom stereocenters. The van der Waals surface area contributed by atoms with Gasteiger partial charge in [-0.25, -0.2) is 9.97 Å². The minimum Gasteiger partial charge on any atom is -0.448 e. The molecule has 0 atom stereocenters. The average Bonchev–Trinajstić information content (AvgIpc) is 2.97. The van der Waals surface area contributed by atoms with Crippen molar-refractivity contribution in [2.75, 3.05) is 0 Å². The smallest absolute Gasteiger partial charge is 0.184 e. The number of nitrogens with one attached hydrogen (secondary N) is 1. The molecule has 0 bridgehead atoms. The molecule has 0 radical (unpaired) electrons. The highest BCUT2D eigenvalue weighted by atomic mass is 79.9. The van der Waals surface area contributed by atoms with Gasteiger partial charge in [0.25, 0.3) is 0 Å². The normalized spacial score (nSPS) is 10.8. The summed E-state index contributed by atoms with van der Waals surface area (Å²) in [4.78, 5) is 8.45. The van der Waals surface area contributed by atoms with Crippen LogP contribution >= 0.6 is 27.3 Å². The lowest BCUT2D eigenvalue weighted by molar-refractivity contribution is 0.554. The third-order valence-corrected chi connectivity index (χ3v) is 3.22. The van der Waals surface area contributed by atoms with Gasteiger partial charge in [0, 0.05) is 5.38 Å². The second-order valence-electron chi connectivity index (χ2n) is 2.98. The maximum absolute atomic E-state index is 5.41. The van der Waals surface area contributed by atoms with Crippen molar-refractivity contribution in [2.24, 2.45) is 0 Å². The number of aromatic nitrogens is 4. The van der Waals surface area contributed by atoms with Crippen molar-refractivity contribution in [2.45, 2.75) is 0 Å². The van der Waals surface area contributed by atoms with Crippen LogP contribution in [0.4, 0.5) is 0 Å². The summed E-state index contributed by atoms with van der Waals surface area (Å²) in [6, 6.07) is 3.70. The van der Waals surface area contributed by atoms with E-state index in [1.165, 1.54) is 17.7 Å². The summed E-state index contributed by atoms with van der Waals surface area (Å²) in [5.74, 6) is 1.40. The van der Waals surface area contributed by atoms with Crippen LogP contribution in [0, 0.1) is 0 Å². The molecule has 16 heavy (non-hydrogen) atoms. The molecule has 5 nitrogen and oxygen atoms in total. The molecule has 0 saturated carbocycles. The number of aromatic amines is 1. The molecule has 7 heteroatoms. The number of hydrogen-bond acceptors (Lipinski definition) is 5. The van der Waals surface area contributed by atoms with Gasteiger partial charge in [0.2, 0.25) is 0 Å². The highest BCUT2D eigenvalue weighted by molar-refractivity contribution is 9.10. The van der Waals surface area contributed by atoms with Gasteiger partial charge in [0.1, 0.15) is 12.0 Å². The minimum atomic E-state index is 0.668. The lowest BCUT2D eigenvalue weighted by Gasteiger charge is -1.88. The van der Waals surface area contributed by atoms with Crippen LogP contribution in [0.15, 0.2) is 32.9 Å². The number of furan rings is 1. The predicted octanol–water partition coefficient (Wildman–Crippen LogP) is 2.95. The Morgan fingerprint density at radius 3 is 3.00 bits per heavy atom. The van der Waals surface area contributed by atoms with Crippen LogP contribution in [0.25, 0.3) is 22.3 Å². The molecule has 80 valence electrons. The van der Waals surface area contributed by atoms with Crippen LogP contribution in [-0.4, -0.2) is 20.2 Å². The van der Waals surface area contributed by atoms with Gasteiger partial charge in [0.15, 0.2) is 21.3 Å². The Kier molecular flexibility index (Phi) is 2.33. The molecule has 0 spiro atoms. The van der Waals surface area contributed by atoms with E-state index in [2.05, 4.69) is 36.1 Å². The Balaban J connectivity index is 2.00. The Bertz CT molecular complexity index is 601. The summed E-state index contributed by atoms with van der Waals surface area (Å²) in [6.45, 7) is 0. The molecule has 0 saturated heterocycles. The predicted molar refractivity (Wildman–Crippen MR) is 62.9 cm³/mol. The third-order valence-electron chi connectivity index (χ3n) is 1.95. The zero-order valence-corrected chi connectivity index (χ0v) is 10.2. The molecule has 3 aromatic heterocycles. The van der Waals surface area contributed by atoms with E-state index in [0.717, 1.165) is 16.5 Å². The molecular formula is C9H5BrN4OS. The van der Waals surface area contributed by atoms with Crippen molar-refractivity contribution in [3.05, 3.63) is 28.5 Å². The fraction of sp³-hybridized carbons (Fsp3) is 0. The number of H-pyrrole nitrogens is 1. The first-order valence-corrected chi connectivity index (χ1v) is 6.07. The van der Waals surface area contributed by atoms with E-state index in [-0.39, 0.29) is 0 Å². The van der Waals surface area contributed by atoms with Crippen molar-refractivity contribution in [3.63, 3.8) is 0 Å². The maximum Gasteiger partial charge on any atom is 0.184 e. The van der Waals surface area contributed by atoms with E-state index in [1.54, 1.807) is 0 Å². The van der Waals surface area contributed by atoms with E-state index in [4.69, 9.17) is 4.42 Å². The largest absolute Gasteiger partial charge is 0.448 e. The van der Waals surface area contributed by atoms with Crippen molar-refractivity contribution < 1.29 is 4.42 Å². The first-order valence-electron chi connectivity index (χ1n) is 4.40. The molecule has 3 heterocycles. The lowest BCUT2D eigenvalue weighted by atomic mass is 10.4. The highest BCUT2D eigenvalue weighted by Crippen LogP contribution is 2.29. The molecule has 0 aliphatic rings. The summed E-state index contributed by atoms with van der Waals surface area (Å²) in [5, 5.41) is 9.27. The lowest BCUT2D eigenvalue weighted by Crippen LogP contribution is -1.79. The molecule has 0 aromatic carbocycles. The van der Waals surface area contributed by atoms with E-state index < -0.39 is 0 Å². The van der Waals surface area contributed by atoms with Gasteiger partial charge in [-0.05, 0) is 28.1 Å². The van der Waals surface area contributed by atoms with Gasteiger partial charge in [-0.1, -0.05) is 0 Å². The molecule has 0 aliphatic heterocycles. The summed E-state index contributed by atoms with van der Waals surface area (Å²) >= 11 is 4.75. The zero-order chi connectivity index (χ0) is 11.0. The van der Waals surface area contributed by atoms with Crippen molar-refractivity contribution >= 4 is 27.3 Å². The molecule has 0 amide bonds. The van der Waals surface area contributed by atoms with E-state index in [0.29, 0.717) is 10.5 Å². The molecular weight excluding hydrogens is 292 g/mol. The number of rotatable bonds is 2. The Labute approximate surface area is 103 Å². The molecule has 0 aliphatic carbocycles. The number of nitrogens with zero attached hydrogens (tertiary/aromatic N) is 3. The molecule has 3 aromatic rings. The molecule has 3 rings (SSSR count). The Hall–Kier alpha value is -1.47. The Morgan fingerprint density at radius 2 is 2.31 bits per heavy atom. The number of hydrogen-bond donors (Lipinski definition) is 1. The summed E-state index contributed by atoms with van der Waals surface area (Å²) in [6.07, 6.45) is 1.46. The monoisotopic (exact) mass is 296 g/mol. The quantitative estimate of drug-likeness (QED) is 0.789. The standard InChI is InChI=1S/C9H5BrN4OS/c10-7-2-1-6(15-7)5-3-16-9(13-5)8-11-4-12-14-8/h1-4H,(H,11,12,14). The van der Waals surface area contributed by atoms with Crippen LogP contribution in [-0.2, 0) is 0 Å². The summed E-state index contributed by atoms with van der Waals surface area (Å²) in [5.41, 5.74) is 0.794. The summed E-state index contributed by atoms with van der Waals surface area (Å²) < 4.78 is 6.11.